The highest BCUT2D eigenvalue weighted by atomic mass is 127. The lowest BCUT2D eigenvalue weighted by atomic mass is 10.1. The molecule has 26 heavy (non-hydrogen) atoms. The van der Waals surface area contributed by atoms with E-state index in [9.17, 15) is 4.79 Å². The van der Waals surface area contributed by atoms with Crippen molar-refractivity contribution in [1.29, 1.82) is 0 Å². The van der Waals surface area contributed by atoms with Gasteiger partial charge in [-0.15, -0.1) is 24.0 Å². The highest BCUT2D eigenvalue weighted by molar-refractivity contribution is 14.0. The van der Waals surface area contributed by atoms with E-state index < -0.39 is 0 Å². The van der Waals surface area contributed by atoms with Crippen LogP contribution in [-0.4, -0.2) is 62.7 Å². The summed E-state index contributed by atoms with van der Waals surface area (Å²) in [6, 6.07) is 7.45. The summed E-state index contributed by atoms with van der Waals surface area (Å²) in [6.45, 7) is 8.47. The van der Waals surface area contributed by atoms with Gasteiger partial charge in [0.25, 0.3) is 5.91 Å². The van der Waals surface area contributed by atoms with Crippen molar-refractivity contribution in [2.24, 2.45) is 10.7 Å². The minimum atomic E-state index is -0.0671. The average molecular weight is 475 g/mol. The summed E-state index contributed by atoms with van der Waals surface area (Å²) in [5, 5.41) is 5.93. The molecular formula is C18H30IN5O2. The fraction of sp³-hybridized carbons (Fsp3) is 0.556. The SMILES string of the molecule is CCNC(=O)c1cccc(CN=C(N)NCCCN2CCOCC2)c1.I. The quantitative estimate of drug-likeness (QED) is 0.227. The molecule has 146 valence electrons. The maximum atomic E-state index is 11.8. The predicted molar refractivity (Wildman–Crippen MR) is 115 cm³/mol. The standard InChI is InChI=1S/C18H29N5O2.HI/c1-2-20-17(24)16-6-3-5-15(13-16)14-22-18(19)21-7-4-8-23-9-11-25-12-10-23;/h3,5-6,13H,2,4,7-12,14H2,1H3,(H,20,24)(H3,19,21,22);1H. The number of nitrogens with one attached hydrogen (secondary N) is 2. The first-order valence-corrected chi connectivity index (χ1v) is 8.90. The van der Waals surface area contributed by atoms with Gasteiger partial charge in [0.2, 0.25) is 0 Å². The Kier molecular flexibility index (Phi) is 11.2. The Labute approximate surface area is 172 Å². The second-order valence-corrected chi connectivity index (χ2v) is 6.00. The van der Waals surface area contributed by atoms with E-state index in [-0.39, 0.29) is 29.9 Å². The first kappa shape index (κ1) is 22.7. The number of nitrogens with zero attached hydrogens (tertiary/aromatic N) is 2. The molecule has 0 unspecified atom stereocenters. The van der Waals surface area contributed by atoms with Crippen LogP contribution in [0.15, 0.2) is 29.3 Å². The number of amides is 1. The van der Waals surface area contributed by atoms with Crippen molar-refractivity contribution < 1.29 is 9.53 Å². The Morgan fingerprint density at radius 3 is 2.81 bits per heavy atom. The lowest BCUT2D eigenvalue weighted by Crippen LogP contribution is -2.39. The molecule has 1 aliphatic rings. The summed E-state index contributed by atoms with van der Waals surface area (Å²) in [5.41, 5.74) is 7.52. The zero-order valence-electron chi connectivity index (χ0n) is 15.4. The molecular weight excluding hydrogens is 445 g/mol. The normalized spacial score (nSPS) is 15.2. The minimum Gasteiger partial charge on any atom is -0.379 e. The van der Waals surface area contributed by atoms with E-state index in [4.69, 9.17) is 10.5 Å². The lowest BCUT2D eigenvalue weighted by Gasteiger charge is -2.26. The molecule has 1 amide bonds. The third-order valence-corrected chi connectivity index (χ3v) is 4.02. The van der Waals surface area contributed by atoms with Crippen LogP contribution in [0.25, 0.3) is 0 Å². The Morgan fingerprint density at radius 2 is 2.08 bits per heavy atom. The van der Waals surface area contributed by atoms with Crippen LogP contribution in [0.2, 0.25) is 0 Å². The Morgan fingerprint density at radius 1 is 1.31 bits per heavy atom. The third kappa shape index (κ3) is 8.33. The van der Waals surface area contributed by atoms with Gasteiger partial charge in [0.05, 0.1) is 19.8 Å². The van der Waals surface area contributed by atoms with Crippen molar-refractivity contribution in [3.8, 4) is 0 Å². The van der Waals surface area contributed by atoms with E-state index in [1.54, 1.807) is 6.07 Å². The largest absolute Gasteiger partial charge is 0.379 e. The lowest BCUT2D eigenvalue weighted by molar-refractivity contribution is 0.0376. The highest BCUT2D eigenvalue weighted by Crippen LogP contribution is 2.06. The number of halogens is 1. The molecule has 1 saturated heterocycles. The third-order valence-electron chi connectivity index (χ3n) is 4.02. The number of nitrogens with two attached hydrogens (primary N) is 1. The number of hydrogen-bond acceptors (Lipinski definition) is 4. The van der Waals surface area contributed by atoms with Gasteiger partial charge in [-0.2, -0.15) is 0 Å². The van der Waals surface area contributed by atoms with Crippen LogP contribution in [0.1, 0.15) is 29.3 Å². The molecule has 1 fully saturated rings. The highest BCUT2D eigenvalue weighted by Gasteiger charge is 2.09. The van der Waals surface area contributed by atoms with Crippen LogP contribution < -0.4 is 16.4 Å². The fourth-order valence-corrected chi connectivity index (χ4v) is 2.65. The van der Waals surface area contributed by atoms with Gasteiger partial charge >= 0.3 is 0 Å². The fourth-order valence-electron chi connectivity index (χ4n) is 2.65. The molecule has 0 bridgehead atoms. The summed E-state index contributed by atoms with van der Waals surface area (Å²) >= 11 is 0. The molecule has 0 radical (unpaired) electrons. The van der Waals surface area contributed by atoms with Crippen LogP contribution in [0.5, 0.6) is 0 Å². The number of aliphatic imine (C=N–C) groups is 1. The van der Waals surface area contributed by atoms with E-state index in [0.29, 0.717) is 24.6 Å². The Bertz CT molecular complexity index is 576. The molecule has 0 aliphatic carbocycles. The molecule has 1 heterocycles. The van der Waals surface area contributed by atoms with Crippen molar-refractivity contribution in [1.82, 2.24) is 15.5 Å². The number of benzene rings is 1. The van der Waals surface area contributed by atoms with Crippen LogP contribution in [0.3, 0.4) is 0 Å². The Hall–Kier alpha value is -1.39. The van der Waals surface area contributed by atoms with Crippen LogP contribution in [-0.2, 0) is 11.3 Å². The summed E-state index contributed by atoms with van der Waals surface area (Å²) in [5.74, 6) is 0.368. The molecule has 1 aromatic carbocycles. The van der Waals surface area contributed by atoms with Crippen molar-refractivity contribution in [2.45, 2.75) is 19.9 Å². The smallest absolute Gasteiger partial charge is 0.251 e. The molecule has 0 saturated carbocycles. The van der Waals surface area contributed by atoms with Gasteiger partial charge in [-0.25, -0.2) is 4.99 Å². The van der Waals surface area contributed by atoms with Crippen LogP contribution in [0, 0.1) is 0 Å². The number of carbonyl (C=O) groups excluding carboxylic acids is 1. The Balaban J connectivity index is 0.00000338. The number of guanidine groups is 1. The van der Waals surface area contributed by atoms with Crippen molar-refractivity contribution in [3.63, 3.8) is 0 Å². The molecule has 0 atom stereocenters. The van der Waals surface area contributed by atoms with Gasteiger partial charge in [0.15, 0.2) is 5.96 Å². The average Bonchev–Trinajstić information content (AvgIpc) is 2.65. The van der Waals surface area contributed by atoms with Gasteiger partial charge in [-0.05, 0) is 37.6 Å². The van der Waals surface area contributed by atoms with Gasteiger partial charge in [0.1, 0.15) is 0 Å². The van der Waals surface area contributed by atoms with Crippen molar-refractivity contribution >= 4 is 35.8 Å². The summed E-state index contributed by atoms with van der Waals surface area (Å²) in [4.78, 5) is 18.6. The minimum absolute atomic E-state index is 0. The van der Waals surface area contributed by atoms with Gasteiger partial charge < -0.3 is 21.1 Å². The maximum Gasteiger partial charge on any atom is 0.251 e. The molecule has 4 N–H and O–H groups in total. The van der Waals surface area contributed by atoms with E-state index in [1.807, 2.05) is 25.1 Å². The maximum absolute atomic E-state index is 11.8. The van der Waals surface area contributed by atoms with E-state index in [1.165, 1.54) is 0 Å². The monoisotopic (exact) mass is 475 g/mol. The molecule has 2 rings (SSSR count). The molecule has 0 spiro atoms. The molecule has 1 aromatic rings. The molecule has 8 heteroatoms. The number of carbonyl (C=O) groups is 1. The van der Waals surface area contributed by atoms with Gasteiger partial charge in [-0.1, -0.05) is 12.1 Å². The second-order valence-electron chi connectivity index (χ2n) is 6.00. The van der Waals surface area contributed by atoms with Crippen LogP contribution in [0.4, 0.5) is 0 Å². The number of ether oxygens (including phenoxy) is 1. The first-order chi connectivity index (χ1) is 12.2. The zero-order chi connectivity index (χ0) is 17.9. The van der Waals surface area contributed by atoms with E-state index >= 15 is 0 Å². The topological polar surface area (TPSA) is 92.0 Å². The summed E-state index contributed by atoms with van der Waals surface area (Å²) in [6.07, 6.45) is 1.02. The second kappa shape index (κ2) is 12.9. The zero-order valence-corrected chi connectivity index (χ0v) is 17.7. The van der Waals surface area contributed by atoms with Crippen molar-refractivity contribution in [2.75, 3.05) is 45.9 Å². The molecule has 7 nitrogen and oxygen atoms in total. The van der Waals surface area contributed by atoms with Crippen molar-refractivity contribution in [3.05, 3.63) is 35.4 Å². The van der Waals surface area contributed by atoms with Gasteiger partial charge in [0, 0.05) is 31.7 Å². The number of morpholine rings is 1. The molecule has 0 aromatic heterocycles. The van der Waals surface area contributed by atoms with Crippen LogP contribution >= 0.6 is 24.0 Å². The number of hydrogen-bond donors (Lipinski definition) is 3. The van der Waals surface area contributed by atoms with E-state index in [0.717, 1.165) is 51.4 Å². The van der Waals surface area contributed by atoms with Gasteiger partial charge in [-0.3, -0.25) is 9.69 Å². The predicted octanol–water partition coefficient (Wildman–Crippen LogP) is 1.18. The van der Waals surface area contributed by atoms with E-state index in [2.05, 4.69) is 20.5 Å². The molecule has 1 aliphatic heterocycles. The first-order valence-electron chi connectivity index (χ1n) is 8.90. The summed E-state index contributed by atoms with van der Waals surface area (Å²) < 4.78 is 5.33. The summed E-state index contributed by atoms with van der Waals surface area (Å²) in [7, 11) is 0. The number of rotatable bonds is 8.